The van der Waals surface area contributed by atoms with Gasteiger partial charge in [-0.25, -0.2) is 0 Å². The van der Waals surface area contributed by atoms with Crippen molar-refractivity contribution >= 4 is 11.9 Å². The zero-order valence-electron chi connectivity index (χ0n) is 12.8. The van der Waals surface area contributed by atoms with Gasteiger partial charge in [0.25, 0.3) is 0 Å². The van der Waals surface area contributed by atoms with Gasteiger partial charge in [0, 0.05) is 5.41 Å². The van der Waals surface area contributed by atoms with Crippen molar-refractivity contribution < 1.29 is 19.1 Å². The van der Waals surface area contributed by atoms with Gasteiger partial charge in [0.1, 0.15) is 12.7 Å². The number of rotatable bonds is 2. The third kappa shape index (κ3) is 1.73. The van der Waals surface area contributed by atoms with Crippen molar-refractivity contribution in [1.82, 2.24) is 0 Å². The van der Waals surface area contributed by atoms with Crippen LogP contribution >= 0.6 is 0 Å². The number of hydrogen-bond donors (Lipinski definition) is 0. The standard InChI is InChI=1S/C16H24O4/c1-15(2,3)14(18)19-8-11-16(4)10-7-5-6-9(10)12(16)13(17)20-11/h9-12H,5-8H2,1-4H3/t9-,10+,11-,12-,16+/m0/s1. The first kappa shape index (κ1) is 13.9. The van der Waals surface area contributed by atoms with Crippen LogP contribution in [-0.2, 0) is 19.1 Å². The zero-order valence-corrected chi connectivity index (χ0v) is 12.8. The molecule has 3 rings (SSSR count). The van der Waals surface area contributed by atoms with E-state index in [0.29, 0.717) is 11.8 Å². The van der Waals surface area contributed by atoms with Crippen molar-refractivity contribution in [1.29, 1.82) is 0 Å². The predicted molar refractivity (Wildman–Crippen MR) is 72.7 cm³/mol. The van der Waals surface area contributed by atoms with Crippen molar-refractivity contribution in [3.8, 4) is 0 Å². The van der Waals surface area contributed by atoms with E-state index < -0.39 is 5.41 Å². The fraction of sp³-hybridized carbons (Fsp3) is 0.875. The van der Waals surface area contributed by atoms with Crippen molar-refractivity contribution in [3.63, 3.8) is 0 Å². The minimum atomic E-state index is -0.515. The van der Waals surface area contributed by atoms with Crippen LogP contribution in [0.25, 0.3) is 0 Å². The number of carbonyl (C=O) groups excluding carboxylic acids is 2. The van der Waals surface area contributed by atoms with Gasteiger partial charge in [-0.3, -0.25) is 9.59 Å². The van der Waals surface area contributed by atoms with E-state index >= 15 is 0 Å². The highest BCUT2D eigenvalue weighted by Gasteiger charge is 2.71. The molecule has 0 aromatic carbocycles. The zero-order chi connectivity index (χ0) is 14.7. The lowest BCUT2D eigenvalue weighted by atomic mass is 9.48. The lowest BCUT2D eigenvalue weighted by molar-refractivity contribution is -0.163. The molecular weight excluding hydrogens is 256 g/mol. The Kier molecular flexibility index (Phi) is 2.93. The summed E-state index contributed by atoms with van der Waals surface area (Å²) in [6, 6.07) is 0. The molecule has 2 saturated carbocycles. The minimum absolute atomic E-state index is 0.0355. The van der Waals surface area contributed by atoms with Crippen molar-refractivity contribution in [2.45, 2.75) is 53.1 Å². The number of carbonyl (C=O) groups is 2. The maximum Gasteiger partial charge on any atom is 0.311 e. The molecule has 0 bridgehead atoms. The van der Waals surface area contributed by atoms with E-state index in [1.165, 1.54) is 12.8 Å². The van der Waals surface area contributed by atoms with Gasteiger partial charge in [-0.15, -0.1) is 0 Å². The van der Waals surface area contributed by atoms with E-state index in [9.17, 15) is 9.59 Å². The van der Waals surface area contributed by atoms with Gasteiger partial charge in [0.2, 0.25) is 0 Å². The van der Waals surface area contributed by atoms with Crippen LogP contribution in [-0.4, -0.2) is 24.6 Å². The molecule has 0 amide bonds. The SMILES string of the molecule is CC(C)(C)C(=O)OC[C@@H]1OC(=O)[C@@H]2[C@H]3CCC[C@H]3[C@]12C. The largest absolute Gasteiger partial charge is 0.461 e. The minimum Gasteiger partial charge on any atom is -0.461 e. The van der Waals surface area contributed by atoms with Crippen LogP contribution < -0.4 is 0 Å². The summed E-state index contributed by atoms with van der Waals surface area (Å²) in [5, 5.41) is 0. The van der Waals surface area contributed by atoms with E-state index in [4.69, 9.17) is 9.47 Å². The maximum absolute atomic E-state index is 12.1. The molecule has 112 valence electrons. The molecule has 2 aliphatic carbocycles. The summed E-state index contributed by atoms with van der Waals surface area (Å²) in [7, 11) is 0. The second-order valence-electron chi connectivity index (χ2n) is 7.82. The van der Waals surface area contributed by atoms with Crippen LogP contribution in [0, 0.1) is 28.6 Å². The Bertz CT molecular complexity index is 450. The molecule has 0 aromatic rings. The van der Waals surface area contributed by atoms with Crippen molar-refractivity contribution in [2.24, 2.45) is 28.6 Å². The highest BCUT2D eigenvalue weighted by molar-refractivity contribution is 5.79. The molecule has 3 aliphatic rings. The lowest BCUT2D eigenvalue weighted by Gasteiger charge is -2.53. The number of cyclic esters (lactones) is 1. The third-order valence-electron chi connectivity index (χ3n) is 5.65. The fourth-order valence-electron chi connectivity index (χ4n) is 4.52. The molecular formula is C16H24O4. The number of hydrogen-bond acceptors (Lipinski definition) is 4. The van der Waals surface area contributed by atoms with E-state index in [-0.39, 0.29) is 36.0 Å². The quantitative estimate of drug-likeness (QED) is 0.729. The van der Waals surface area contributed by atoms with Crippen molar-refractivity contribution in [3.05, 3.63) is 0 Å². The average molecular weight is 280 g/mol. The van der Waals surface area contributed by atoms with E-state index in [1.807, 2.05) is 20.8 Å². The smallest absolute Gasteiger partial charge is 0.311 e. The summed E-state index contributed by atoms with van der Waals surface area (Å²) < 4.78 is 10.9. The summed E-state index contributed by atoms with van der Waals surface area (Å²) in [6.07, 6.45) is 3.28. The average Bonchev–Trinajstić information content (AvgIpc) is 2.84. The third-order valence-corrected chi connectivity index (χ3v) is 5.65. The Balaban J connectivity index is 1.69. The first-order chi connectivity index (χ1) is 9.26. The topological polar surface area (TPSA) is 52.6 Å². The van der Waals surface area contributed by atoms with Gasteiger partial charge >= 0.3 is 11.9 Å². The maximum atomic E-state index is 12.1. The second-order valence-corrected chi connectivity index (χ2v) is 7.82. The fourth-order valence-corrected chi connectivity index (χ4v) is 4.52. The summed E-state index contributed by atoms with van der Waals surface area (Å²) >= 11 is 0. The Labute approximate surface area is 120 Å². The Morgan fingerprint density at radius 2 is 2.10 bits per heavy atom. The molecule has 0 spiro atoms. The number of esters is 2. The van der Waals surface area contributed by atoms with E-state index in [1.54, 1.807) is 0 Å². The normalized spacial score (nSPS) is 42.5. The molecule has 5 atom stereocenters. The van der Waals surface area contributed by atoms with Gasteiger partial charge in [-0.1, -0.05) is 13.3 Å². The molecule has 20 heavy (non-hydrogen) atoms. The molecule has 0 N–H and O–H groups in total. The van der Waals surface area contributed by atoms with Crippen LogP contribution in [0.4, 0.5) is 0 Å². The summed E-state index contributed by atoms with van der Waals surface area (Å²) in [6.45, 7) is 7.84. The highest BCUT2D eigenvalue weighted by atomic mass is 16.6. The lowest BCUT2D eigenvalue weighted by Crippen LogP contribution is -2.56. The molecule has 3 fully saturated rings. The molecule has 0 unspecified atom stereocenters. The van der Waals surface area contributed by atoms with Gasteiger partial charge in [0.05, 0.1) is 11.3 Å². The summed E-state index contributed by atoms with van der Waals surface area (Å²) in [5.74, 6) is 0.803. The molecule has 4 heteroatoms. The number of fused-ring (bicyclic) bond motifs is 4. The first-order valence-electron chi connectivity index (χ1n) is 7.64. The molecule has 1 heterocycles. The van der Waals surface area contributed by atoms with Gasteiger partial charge in [0.15, 0.2) is 0 Å². The van der Waals surface area contributed by atoms with Crippen LogP contribution in [0.3, 0.4) is 0 Å². The van der Waals surface area contributed by atoms with E-state index in [0.717, 1.165) is 6.42 Å². The molecule has 4 nitrogen and oxygen atoms in total. The van der Waals surface area contributed by atoms with E-state index in [2.05, 4.69) is 6.92 Å². The van der Waals surface area contributed by atoms with Gasteiger partial charge in [-0.2, -0.15) is 0 Å². The summed E-state index contributed by atoms with van der Waals surface area (Å²) in [5.41, 5.74) is -0.630. The Hall–Kier alpha value is -1.06. The summed E-state index contributed by atoms with van der Waals surface area (Å²) in [4.78, 5) is 24.0. The Morgan fingerprint density at radius 1 is 1.40 bits per heavy atom. The monoisotopic (exact) mass is 280 g/mol. The van der Waals surface area contributed by atoms with Gasteiger partial charge in [-0.05, 0) is 45.4 Å². The molecule has 1 aliphatic heterocycles. The van der Waals surface area contributed by atoms with Crippen LogP contribution in [0.2, 0.25) is 0 Å². The molecule has 0 aromatic heterocycles. The number of ether oxygens (including phenoxy) is 2. The first-order valence-corrected chi connectivity index (χ1v) is 7.64. The van der Waals surface area contributed by atoms with Crippen LogP contribution in [0.5, 0.6) is 0 Å². The Morgan fingerprint density at radius 3 is 2.75 bits per heavy atom. The van der Waals surface area contributed by atoms with Crippen LogP contribution in [0.15, 0.2) is 0 Å². The molecule has 0 radical (unpaired) electrons. The predicted octanol–water partition coefficient (Wildman–Crippen LogP) is 2.55. The van der Waals surface area contributed by atoms with Crippen LogP contribution in [0.1, 0.15) is 47.0 Å². The molecule has 1 saturated heterocycles. The van der Waals surface area contributed by atoms with Gasteiger partial charge < -0.3 is 9.47 Å². The highest BCUT2D eigenvalue weighted by Crippen LogP contribution is 2.68. The second kappa shape index (κ2) is 4.22. The van der Waals surface area contributed by atoms with Crippen molar-refractivity contribution in [2.75, 3.05) is 6.61 Å².